The van der Waals surface area contributed by atoms with Gasteiger partial charge in [0.05, 0.1) is 0 Å². The first kappa shape index (κ1) is 21.0. The van der Waals surface area contributed by atoms with Crippen molar-refractivity contribution in [2.45, 2.75) is 31.7 Å². The van der Waals surface area contributed by atoms with Crippen LogP contribution in [-0.2, 0) is 4.79 Å². The molecule has 2 heterocycles. The fourth-order valence-corrected chi connectivity index (χ4v) is 4.66. The number of carboxylic acids is 1. The average Bonchev–Trinajstić information content (AvgIpc) is 3.35. The van der Waals surface area contributed by atoms with Gasteiger partial charge in [-0.25, -0.2) is 4.79 Å². The normalized spacial score (nSPS) is 26.0. The van der Waals surface area contributed by atoms with E-state index in [1.54, 1.807) is 6.07 Å². The van der Waals surface area contributed by atoms with Gasteiger partial charge in [-0.1, -0.05) is 19.9 Å². The van der Waals surface area contributed by atoms with Crippen molar-refractivity contribution in [2.24, 2.45) is 17.6 Å². The number of nitrogens with one attached hydrogen (secondary N) is 1. The summed E-state index contributed by atoms with van der Waals surface area (Å²) < 4.78 is 11.5. The third kappa shape index (κ3) is 3.75. The number of carbonyl (C=O) groups excluding carboxylic acids is 1. The number of nitrogens with zero attached hydrogens (tertiary/aromatic N) is 1. The maximum atomic E-state index is 12.0. The molecule has 9 nitrogen and oxygen atoms in total. The predicted octanol–water partition coefficient (Wildman–Crippen LogP) is 0.135. The molecule has 2 aliphatic heterocycles. The van der Waals surface area contributed by atoms with E-state index in [0.717, 1.165) is 5.56 Å². The molecule has 1 aromatic carbocycles. The Bertz CT molecular complexity index is 846. The van der Waals surface area contributed by atoms with E-state index >= 15 is 0 Å². The van der Waals surface area contributed by atoms with Crippen molar-refractivity contribution in [1.82, 2.24) is 10.2 Å². The molecule has 2 fully saturated rings. The minimum absolute atomic E-state index is 0.0233. The van der Waals surface area contributed by atoms with E-state index in [-0.39, 0.29) is 52.6 Å². The molecule has 1 amide bonds. The van der Waals surface area contributed by atoms with Crippen LogP contribution in [0.4, 0.5) is 0 Å². The fourth-order valence-electron chi connectivity index (χ4n) is 4.66. The van der Waals surface area contributed by atoms with Crippen molar-refractivity contribution in [1.29, 1.82) is 0 Å². The molecule has 0 radical (unpaired) electrons. The van der Waals surface area contributed by atoms with Crippen molar-refractivity contribution in [3.8, 4) is 11.5 Å². The molecule has 10 heteroatoms. The maximum absolute atomic E-state index is 12.0. The van der Waals surface area contributed by atoms with Gasteiger partial charge in [0.15, 0.2) is 0 Å². The van der Waals surface area contributed by atoms with Gasteiger partial charge in [0.2, 0.25) is 5.91 Å². The number of rotatable bonds is 8. The molecule has 1 aliphatic carbocycles. The van der Waals surface area contributed by atoms with Gasteiger partial charge in [-0.05, 0) is 23.5 Å². The molecular formula is C20H28BN3O6. The Morgan fingerprint density at radius 3 is 2.83 bits per heavy atom. The highest BCUT2D eigenvalue weighted by molar-refractivity contribution is 6.48. The summed E-state index contributed by atoms with van der Waals surface area (Å²) >= 11 is 0. The third-order valence-corrected chi connectivity index (χ3v) is 6.38. The summed E-state index contributed by atoms with van der Waals surface area (Å²) in [5, 5.41) is 22.7. The van der Waals surface area contributed by atoms with Crippen LogP contribution in [0.3, 0.4) is 0 Å². The van der Waals surface area contributed by atoms with Crippen LogP contribution in [0.15, 0.2) is 12.1 Å². The van der Waals surface area contributed by atoms with Crippen LogP contribution >= 0.6 is 0 Å². The topological polar surface area (TPSA) is 134 Å². The molecule has 0 spiro atoms. The number of aromatic carboxylic acids is 1. The summed E-state index contributed by atoms with van der Waals surface area (Å²) in [5.74, 6) is -0.452. The van der Waals surface area contributed by atoms with Crippen LogP contribution in [0, 0.1) is 11.8 Å². The lowest BCUT2D eigenvalue weighted by Gasteiger charge is -2.40. The van der Waals surface area contributed by atoms with Gasteiger partial charge < -0.3 is 30.6 Å². The van der Waals surface area contributed by atoms with Crippen molar-refractivity contribution >= 4 is 19.0 Å². The Kier molecular flexibility index (Phi) is 5.65. The summed E-state index contributed by atoms with van der Waals surface area (Å²) in [6.45, 7) is 6.57. The molecule has 4 rings (SSSR count). The quantitative estimate of drug-likeness (QED) is 0.439. The summed E-state index contributed by atoms with van der Waals surface area (Å²) in [5.41, 5.74) is 6.20. The molecule has 3 aliphatic rings. The molecule has 3 unspecified atom stereocenters. The van der Waals surface area contributed by atoms with Crippen LogP contribution < -0.4 is 20.4 Å². The van der Waals surface area contributed by atoms with Crippen LogP contribution in [0.1, 0.15) is 35.7 Å². The zero-order valence-corrected chi connectivity index (χ0v) is 17.2. The third-order valence-electron chi connectivity index (χ3n) is 6.38. The second-order valence-corrected chi connectivity index (χ2v) is 8.57. The molecule has 5 N–H and O–H groups in total. The summed E-state index contributed by atoms with van der Waals surface area (Å²) in [6.07, 6.45) is -0.165. The molecule has 0 aromatic heterocycles. The predicted molar refractivity (Wildman–Crippen MR) is 110 cm³/mol. The summed E-state index contributed by atoms with van der Waals surface area (Å²) in [6, 6.07) is 3.54. The molecule has 1 aromatic rings. The Morgan fingerprint density at radius 1 is 1.43 bits per heavy atom. The van der Waals surface area contributed by atoms with E-state index in [2.05, 4.69) is 10.2 Å². The van der Waals surface area contributed by atoms with Gasteiger partial charge >= 0.3 is 13.1 Å². The first-order valence-electron chi connectivity index (χ1n) is 10.4. The second-order valence-electron chi connectivity index (χ2n) is 8.57. The van der Waals surface area contributed by atoms with E-state index in [9.17, 15) is 19.7 Å². The number of carboxylic acid groups (broad SMARTS) is 1. The number of benzene rings is 1. The summed E-state index contributed by atoms with van der Waals surface area (Å²) in [7, 11) is -0.989. The molecule has 0 bridgehead atoms. The highest BCUT2D eigenvalue weighted by Crippen LogP contribution is 2.65. The van der Waals surface area contributed by atoms with E-state index < -0.39 is 13.1 Å². The van der Waals surface area contributed by atoms with Gasteiger partial charge in [0.1, 0.15) is 23.2 Å². The largest absolute Gasteiger partial charge is 0.535 e. The lowest BCUT2D eigenvalue weighted by molar-refractivity contribution is -0.125. The van der Waals surface area contributed by atoms with E-state index in [1.807, 2.05) is 19.9 Å². The average molecular weight is 417 g/mol. The Hall–Kier alpha value is -2.30. The first-order valence-corrected chi connectivity index (χ1v) is 10.4. The number of fused-ring (bicyclic) bond motifs is 3. The lowest BCUT2D eigenvalue weighted by atomic mass is 9.76. The highest BCUT2D eigenvalue weighted by atomic mass is 16.5. The number of nitrogens with two attached hydrogens (primary N) is 1. The van der Waals surface area contributed by atoms with Gasteiger partial charge in [0, 0.05) is 44.5 Å². The molecular weight excluding hydrogens is 389 g/mol. The number of carbonyl (C=O) groups is 2. The van der Waals surface area contributed by atoms with Crippen LogP contribution in [0.25, 0.3) is 0 Å². The van der Waals surface area contributed by atoms with Crippen molar-refractivity contribution in [3.05, 3.63) is 23.3 Å². The van der Waals surface area contributed by atoms with Gasteiger partial charge in [-0.15, -0.1) is 0 Å². The van der Waals surface area contributed by atoms with Gasteiger partial charge in [0.25, 0.3) is 0 Å². The monoisotopic (exact) mass is 417 g/mol. The van der Waals surface area contributed by atoms with Crippen molar-refractivity contribution in [3.63, 3.8) is 0 Å². The minimum atomic E-state index is -1.14. The van der Waals surface area contributed by atoms with Crippen LogP contribution in [0.5, 0.6) is 11.5 Å². The molecule has 4 atom stereocenters. The van der Waals surface area contributed by atoms with Crippen molar-refractivity contribution < 1.29 is 29.1 Å². The lowest BCUT2D eigenvalue weighted by Crippen LogP contribution is -2.56. The SMILES string of the molecule is CC1C2B(O)Oc3c(ccc(OC4CN(C[C@H](C)C(=O)NCCN)C4)c3C(=O)O)C12. The van der Waals surface area contributed by atoms with Crippen LogP contribution in [0.2, 0.25) is 5.82 Å². The first-order chi connectivity index (χ1) is 14.3. The van der Waals surface area contributed by atoms with E-state index in [1.165, 1.54) is 0 Å². The standard InChI is InChI=1S/C20H28BN3O6/c1-10(19(25)23-6-5-22)7-24-8-12(9-24)29-14-4-3-13-15-11(2)17(15)21(28)30-18(13)16(14)20(26)27/h3-4,10-12,15,17,28H,5-9,22H2,1-2H3,(H,23,25)(H,26,27)/t10-,11?,15?,17?/m0/s1. The molecule has 1 saturated carbocycles. The van der Waals surface area contributed by atoms with Crippen LogP contribution in [-0.4, -0.2) is 72.9 Å². The van der Waals surface area contributed by atoms with E-state index in [4.69, 9.17) is 15.1 Å². The number of ether oxygens (including phenoxy) is 1. The zero-order valence-electron chi connectivity index (χ0n) is 17.2. The number of amides is 1. The number of hydrogen-bond acceptors (Lipinski definition) is 7. The zero-order chi connectivity index (χ0) is 21.6. The Balaban J connectivity index is 1.39. The number of likely N-dealkylation sites (tertiary alicyclic amines) is 1. The molecule has 30 heavy (non-hydrogen) atoms. The smallest absolute Gasteiger partial charge is 0.526 e. The van der Waals surface area contributed by atoms with Gasteiger partial charge in [-0.2, -0.15) is 0 Å². The fraction of sp³-hybridized carbons (Fsp3) is 0.600. The summed E-state index contributed by atoms with van der Waals surface area (Å²) in [4.78, 5) is 26.0. The Morgan fingerprint density at radius 2 is 2.17 bits per heavy atom. The Labute approximate surface area is 175 Å². The van der Waals surface area contributed by atoms with Crippen molar-refractivity contribution in [2.75, 3.05) is 32.7 Å². The molecule has 162 valence electrons. The number of hydrogen-bond donors (Lipinski definition) is 4. The molecule has 1 saturated heterocycles. The second kappa shape index (κ2) is 8.09. The highest BCUT2D eigenvalue weighted by Gasteiger charge is 2.60. The van der Waals surface area contributed by atoms with Gasteiger partial charge in [-0.3, -0.25) is 9.69 Å². The minimum Gasteiger partial charge on any atom is -0.535 e. The van der Waals surface area contributed by atoms with E-state index in [0.29, 0.717) is 32.7 Å². The maximum Gasteiger partial charge on any atom is 0.526 e.